The lowest BCUT2D eigenvalue weighted by atomic mass is 10.00. The molecular weight excluding hydrogens is 356 g/mol. The molecule has 2 heterocycles. The minimum atomic E-state index is -0.566. The van der Waals surface area contributed by atoms with E-state index in [9.17, 15) is 9.59 Å². The van der Waals surface area contributed by atoms with E-state index in [-0.39, 0.29) is 17.7 Å². The fourth-order valence-corrected chi connectivity index (χ4v) is 4.12. The van der Waals surface area contributed by atoms with Gasteiger partial charge in [0.2, 0.25) is 5.91 Å². The van der Waals surface area contributed by atoms with Gasteiger partial charge in [0.25, 0.3) is 5.91 Å². The number of carbonyl (C=O) groups excluding carboxylic acids is 2. The van der Waals surface area contributed by atoms with Gasteiger partial charge in [-0.05, 0) is 41.5 Å². The normalized spacial score (nSPS) is 15.0. The second-order valence-electron chi connectivity index (χ2n) is 6.55. The highest BCUT2D eigenvalue weighted by Gasteiger charge is 2.31. The van der Waals surface area contributed by atoms with Crippen molar-refractivity contribution in [2.24, 2.45) is 5.92 Å². The van der Waals surface area contributed by atoms with Crippen molar-refractivity contribution in [2.75, 3.05) is 6.54 Å². The minimum absolute atomic E-state index is 0.0113. The van der Waals surface area contributed by atoms with Crippen molar-refractivity contribution in [3.63, 3.8) is 0 Å². The van der Waals surface area contributed by atoms with Crippen LogP contribution in [0.3, 0.4) is 0 Å². The van der Waals surface area contributed by atoms with Crippen LogP contribution in [-0.4, -0.2) is 29.3 Å². The molecule has 3 rings (SSSR count). The summed E-state index contributed by atoms with van der Waals surface area (Å²) in [5, 5.41) is 5.33. The van der Waals surface area contributed by atoms with Crippen molar-refractivity contribution in [1.82, 2.24) is 10.2 Å². The molecular formula is C19H21ClN2O2S. The summed E-state index contributed by atoms with van der Waals surface area (Å²) in [5.41, 5.74) is 1.60. The van der Waals surface area contributed by atoms with E-state index in [0.717, 1.165) is 6.42 Å². The quantitative estimate of drug-likeness (QED) is 0.883. The summed E-state index contributed by atoms with van der Waals surface area (Å²) in [5.74, 6) is -0.360. The Kier molecular flexibility index (Phi) is 5.45. The van der Waals surface area contributed by atoms with Gasteiger partial charge in [-0.25, -0.2) is 0 Å². The van der Waals surface area contributed by atoms with Gasteiger partial charge in [0, 0.05) is 18.0 Å². The molecule has 4 nitrogen and oxygen atoms in total. The van der Waals surface area contributed by atoms with Crippen LogP contribution in [0.2, 0.25) is 5.02 Å². The summed E-state index contributed by atoms with van der Waals surface area (Å²) in [4.78, 5) is 28.8. The number of nitrogens with one attached hydrogen (secondary N) is 1. The number of fused-ring (bicyclic) bond motifs is 1. The van der Waals surface area contributed by atoms with E-state index in [0.29, 0.717) is 23.7 Å². The number of hydrogen-bond acceptors (Lipinski definition) is 3. The first kappa shape index (κ1) is 18.0. The monoisotopic (exact) mass is 376 g/mol. The maximum Gasteiger partial charge on any atom is 0.253 e. The van der Waals surface area contributed by atoms with Crippen LogP contribution in [0.15, 0.2) is 35.7 Å². The highest BCUT2D eigenvalue weighted by molar-refractivity contribution is 7.10. The van der Waals surface area contributed by atoms with Crippen molar-refractivity contribution in [3.05, 3.63) is 56.7 Å². The van der Waals surface area contributed by atoms with Gasteiger partial charge >= 0.3 is 0 Å². The zero-order valence-corrected chi connectivity index (χ0v) is 15.9. The van der Waals surface area contributed by atoms with Crippen LogP contribution in [0, 0.1) is 5.92 Å². The number of rotatable bonds is 4. The van der Waals surface area contributed by atoms with E-state index in [1.165, 1.54) is 10.4 Å². The third-order valence-corrected chi connectivity index (χ3v) is 5.81. The number of thiophene rings is 1. The molecule has 0 bridgehead atoms. The Bertz CT molecular complexity index is 787. The first-order chi connectivity index (χ1) is 12.0. The minimum Gasteiger partial charge on any atom is -0.340 e. The Hall–Kier alpha value is -1.85. The molecule has 2 amide bonds. The van der Waals surface area contributed by atoms with E-state index < -0.39 is 6.04 Å². The maximum absolute atomic E-state index is 13.0. The summed E-state index contributed by atoms with van der Waals surface area (Å²) in [6, 6.07) is 8.38. The lowest BCUT2D eigenvalue weighted by Gasteiger charge is -2.32. The van der Waals surface area contributed by atoms with Crippen molar-refractivity contribution < 1.29 is 9.59 Å². The van der Waals surface area contributed by atoms with Gasteiger partial charge in [-0.1, -0.05) is 37.6 Å². The number of amides is 2. The zero-order chi connectivity index (χ0) is 18.0. The zero-order valence-electron chi connectivity index (χ0n) is 14.3. The predicted molar refractivity (Wildman–Crippen MR) is 101 cm³/mol. The molecule has 132 valence electrons. The third-order valence-electron chi connectivity index (χ3n) is 4.46. The molecule has 25 heavy (non-hydrogen) atoms. The molecule has 1 N–H and O–H groups in total. The Morgan fingerprint density at radius 2 is 2.00 bits per heavy atom. The van der Waals surface area contributed by atoms with Gasteiger partial charge in [-0.3, -0.25) is 9.59 Å². The molecule has 0 saturated heterocycles. The second kappa shape index (κ2) is 7.58. The highest BCUT2D eigenvalue weighted by Crippen LogP contribution is 2.25. The smallest absolute Gasteiger partial charge is 0.253 e. The van der Waals surface area contributed by atoms with Crippen LogP contribution >= 0.6 is 22.9 Å². The van der Waals surface area contributed by atoms with Crippen molar-refractivity contribution in [3.8, 4) is 0 Å². The molecule has 0 spiro atoms. The van der Waals surface area contributed by atoms with Gasteiger partial charge in [-0.15, -0.1) is 11.3 Å². The summed E-state index contributed by atoms with van der Waals surface area (Å²) in [6.45, 7) is 5.19. The fourth-order valence-electron chi connectivity index (χ4n) is 3.01. The maximum atomic E-state index is 13.0. The molecule has 1 aliphatic heterocycles. The molecule has 1 atom stereocenters. The van der Waals surface area contributed by atoms with Gasteiger partial charge in [-0.2, -0.15) is 0 Å². The van der Waals surface area contributed by atoms with Crippen LogP contribution in [-0.2, 0) is 17.8 Å². The lowest BCUT2D eigenvalue weighted by molar-refractivity contribution is -0.135. The van der Waals surface area contributed by atoms with E-state index in [2.05, 4.69) is 16.8 Å². The molecule has 0 fully saturated rings. The Labute approximate surface area is 156 Å². The molecule has 1 aromatic heterocycles. The number of carbonyl (C=O) groups is 2. The van der Waals surface area contributed by atoms with E-state index in [4.69, 9.17) is 11.6 Å². The molecule has 0 aliphatic carbocycles. The summed E-state index contributed by atoms with van der Waals surface area (Å²) in [7, 11) is 0. The SMILES string of the molecule is CC(C)C(NC(=O)c1ccccc1Cl)C(=O)N1CCc2sccc2C1. The van der Waals surface area contributed by atoms with Gasteiger partial charge in [0.15, 0.2) is 0 Å². The molecule has 0 saturated carbocycles. The molecule has 2 aromatic rings. The van der Waals surface area contributed by atoms with Crippen LogP contribution in [0.5, 0.6) is 0 Å². The van der Waals surface area contributed by atoms with Crippen LogP contribution in [0.1, 0.15) is 34.6 Å². The summed E-state index contributed by atoms with van der Waals surface area (Å²) < 4.78 is 0. The Morgan fingerprint density at radius 1 is 1.24 bits per heavy atom. The van der Waals surface area contributed by atoms with Crippen molar-refractivity contribution in [2.45, 2.75) is 32.9 Å². The van der Waals surface area contributed by atoms with Crippen LogP contribution < -0.4 is 5.32 Å². The van der Waals surface area contributed by atoms with E-state index >= 15 is 0 Å². The summed E-state index contributed by atoms with van der Waals surface area (Å²) >= 11 is 7.84. The van der Waals surface area contributed by atoms with E-state index in [1.54, 1.807) is 35.6 Å². The molecule has 1 aliphatic rings. The van der Waals surface area contributed by atoms with Gasteiger partial charge in [0.1, 0.15) is 6.04 Å². The molecule has 1 unspecified atom stereocenters. The first-order valence-corrected chi connectivity index (χ1v) is 9.62. The summed E-state index contributed by atoms with van der Waals surface area (Å²) in [6.07, 6.45) is 0.877. The number of halogens is 1. The van der Waals surface area contributed by atoms with Gasteiger partial charge < -0.3 is 10.2 Å². The first-order valence-electron chi connectivity index (χ1n) is 8.36. The molecule has 0 radical (unpaired) electrons. The largest absolute Gasteiger partial charge is 0.340 e. The number of hydrogen-bond donors (Lipinski definition) is 1. The average molecular weight is 377 g/mol. The molecule has 6 heteroatoms. The van der Waals surface area contributed by atoms with E-state index in [1.807, 2.05) is 18.7 Å². The van der Waals surface area contributed by atoms with Crippen molar-refractivity contribution >= 4 is 34.8 Å². The van der Waals surface area contributed by atoms with Crippen LogP contribution in [0.4, 0.5) is 0 Å². The second-order valence-corrected chi connectivity index (χ2v) is 7.96. The Balaban J connectivity index is 1.74. The average Bonchev–Trinajstić information content (AvgIpc) is 3.06. The fraction of sp³-hybridized carbons (Fsp3) is 0.368. The number of benzene rings is 1. The topological polar surface area (TPSA) is 49.4 Å². The standard InChI is InChI=1S/C19H21ClN2O2S/c1-12(2)17(21-18(23)14-5-3-4-6-15(14)20)19(24)22-9-7-16-13(11-22)8-10-25-16/h3-6,8,10,12,17H,7,9,11H2,1-2H3,(H,21,23). The predicted octanol–water partition coefficient (Wildman–Crippen LogP) is 3.74. The molecule has 1 aromatic carbocycles. The number of nitrogens with zero attached hydrogens (tertiary/aromatic N) is 1. The van der Waals surface area contributed by atoms with Crippen LogP contribution in [0.25, 0.3) is 0 Å². The Morgan fingerprint density at radius 3 is 2.72 bits per heavy atom. The van der Waals surface area contributed by atoms with Gasteiger partial charge in [0.05, 0.1) is 10.6 Å². The third kappa shape index (κ3) is 3.88. The van der Waals surface area contributed by atoms with Crippen molar-refractivity contribution in [1.29, 1.82) is 0 Å². The lowest BCUT2D eigenvalue weighted by Crippen LogP contribution is -2.52. The highest BCUT2D eigenvalue weighted by atomic mass is 35.5.